The highest BCUT2D eigenvalue weighted by atomic mass is 16.6. The van der Waals surface area contributed by atoms with Crippen LogP contribution < -0.4 is 10.1 Å². The summed E-state index contributed by atoms with van der Waals surface area (Å²) in [5.41, 5.74) is 0.883. The smallest absolute Gasteiger partial charge is 0.277 e. The third kappa shape index (κ3) is 3.40. The molecule has 0 radical (unpaired) electrons. The maximum absolute atomic E-state index is 12.5. The highest BCUT2D eigenvalue weighted by Gasteiger charge is 2.15. The molecule has 0 atom stereocenters. The zero-order valence-electron chi connectivity index (χ0n) is 13.4. The number of nitrogens with one attached hydrogen (secondary N) is 1. The number of non-ortho nitro benzene ring substituents is 1. The van der Waals surface area contributed by atoms with Gasteiger partial charge in [-0.15, -0.1) is 0 Å². The first-order valence-corrected chi connectivity index (χ1v) is 7.66. The molecule has 2 aromatic carbocycles. The van der Waals surface area contributed by atoms with Gasteiger partial charge in [0.1, 0.15) is 5.56 Å². The van der Waals surface area contributed by atoms with E-state index in [9.17, 15) is 14.9 Å². The summed E-state index contributed by atoms with van der Waals surface area (Å²) in [5.74, 6) is -0.0970. The maximum atomic E-state index is 12.5. The Morgan fingerprint density at radius 2 is 2.08 bits per heavy atom. The number of nitrogens with zero attached hydrogens (tertiary/aromatic N) is 2. The van der Waals surface area contributed by atoms with Crippen molar-refractivity contribution in [3.05, 3.63) is 70.4 Å². The summed E-state index contributed by atoms with van der Waals surface area (Å²) in [6, 6.07) is 13.0. The van der Waals surface area contributed by atoms with E-state index in [-0.39, 0.29) is 17.5 Å². The summed E-state index contributed by atoms with van der Waals surface area (Å²) < 4.78 is 5.36. The van der Waals surface area contributed by atoms with E-state index in [1.54, 1.807) is 48.7 Å². The molecule has 7 nitrogen and oxygen atoms in total. The largest absolute Gasteiger partial charge is 0.477 e. The van der Waals surface area contributed by atoms with Crippen LogP contribution in [0, 0.1) is 10.1 Å². The SMILES string of the molecule is CCOc1ncccc1C(=O)Nc1ccc2c([N+](=O)[O-])cccc2c1. The quantitative estimate of drug-likeness (QED) is 0.564. The minimum absolute atomic E-state index is 0.0290. The molecule has 0 bridgehead atoms. The number of carbonyl (C=O) groups excluding carboxylic acids is 1. The summed E-state index contributed by atoms with van der Waals surface area (Å²) in [5, 5.41) is 15.0. The fourth-order valence-electron chi connectivity index (χ4n) is 2.52. The second-order valence-corrected chi connectivity index (χ2v) is 5.21. The average molecular weight is 337 g/mol. The van der Waals surface area contributed by atoms with Crippen molar-refractivity contribution >= 4 is 28.1 Å². The number of amides is 1. The second-order valence-electron chi connectivity index (χ2n) is 5.21. The number of rotatable bonds is 5. The number of pyridine rings is 1. The van der Waals surface area contributed by atoms with Gasteiger partial charge in [0, 0.05) is 18.0 Å². The topological polar surface area (TPSA) is 94.4 Å². The van der Waals surface area contributed by atoms with Crippen molar-refractivity contribution in [1.29, 1.82) is 0 Å². The van der Waals surface area contributed by atoms with Gasteiger partial charge >= 0.3 is 0 Å². The molecular weight excluding hydrogens is 322 g/mol. The number of nitro benzene ring substituents is 1. The number of anilines is 1. The van der Waals surface area contributed by atoms with Gasteiger partial charge < -0.3 is 10.1 Å². The Morgan fingerprint density at radius 1 is 1.24 bits per heavy atom. The third-order valence-electron chi connectivity index (χ3n) is 3.61. The van der Waals surface area contributed by atoms with Crippen molar-refractivity contribution in [2.75, 3.05) is 11.9 Å². The van der Waals surface area contributed by atoms with E-state index in [0.29, 0.717) is 28.6 Å². The molecule has 0 saturated heterocycles. The average Bonchev–Trinajstić information content (AvgIpc) is 2.61. The van der Waals surface area contributed by atoms with E-state index >= 15 is 0 Å². The Balaban J connectivity index is 1.91. The molecule has 3 rings (SSSR count). The molecule has 0 spiro atoms. The number of fused-ring (bicyclic) bond motifs is 1. The molecule has 3 aromatic rings. The Labute approximate surface area is 143 Å². The lowest BCUT2D eigenvalue weighted by molar-refractivity contribution is -0.383. The van der Waals surface area contributed by atoms with Crippen molar-refractivity contribution in [3.8, 4) is 5.88 Å². The fraction of sp³-hybridized carbons (Fsp3) is 0.111. The summed E-state index contributed by atoms with van der Waals surface area (Å²) in [6.45, 7) is 2.21. The molecule has 0 saturated carbocycles. The zero-order valence-corrected chi connectivity index (χ0v) is 13.4. The Morgan fingerprint density at radius 3 is 2.84 bits per heavy atom. The molecule has 0 unspecified atom stereocenters. The van der Waals surface area contributed by atoms with E-state index in [1.807, 2.05) is 6.92 Å². The van der Waals surface area contributed by atoms with Gasteiger partial charge in [-0.25, -0.2) is 4.98 Å². The van der Waals surface area contributed by atoms with E-state index in [2.05, 4.69) is 10.3 Å². The standard InChI is InChI=1S/C18H15N3O4/c1-2-25-18-15(6-4-10-19-18)17(22)20-13-8-9-14-12(11-13)5-3-7-16(14)21(23)24/h3-11H,2H2,1H3,(H,20,22). The van der Waals surface area contributed by atoms with Crippen molar-refractivity contribution in [2.45, 2.75) is 6.92 Å². The molecule has 0 aliphatic heterocycles. The molecule has 0 fully saturated rings. The molecule has 7 heteroatoms. The lowest BCUT2D eigenvalue weighted by Gasteiger charge is -2.10. The van der Waals surface area contributed by atoms with Gasteiger partial charge in [0.2, 0.25) is 5.88 Å². The van der Waals surface area contributed by atoms with Gasteiger partial charge in [-0.1, -0.05) is 12.1 Å². The van der Waals surface area contributed by atoms with Crippen LogP contribution in [0.3, 0.4) is 0 Å². The maximum Gasteiger partial charge on any atom is 0.277 e. The Hall–Kier alpha value is -3.48. The molecule has 126 valence electrons. The van der Waals surface area contributed by atoms with E-state index in [0.717, 1.165) is 0 Å². The number of nitro groups is 1. The van der Waals surface area contributed by atoms with Crippen LogP contribution in [0.4, 0.5) is 11.4 Å². The fourth-order valence-corrected chi connectivity index (χ4v) is 2.52. The monoisotopic (exact) mass is 337 g/mol. The molecule has 1 aromatic heterocycles. The Kier molecular flexibility index (Phi) is 4.56. The molecule has 1 amide bonds. The van der Waals surface area contributed by atoms with Crippen LogP contribution in [0.25, 0.3) is 10.8 Å². The molecule has 1 heterocycles. The number of aromatic nitrogens is 1. The van der Waals surface area contributed by atoms with Gasteiger partial charge in [0.25, 0.3) is 11.6 Å². The van der Waals surface area contributed by atoms with Crippen molar-refractivity contribution in [2.24, 2.45) is 0 Å². The molecule has 0 aliphatic rings. The van der Waals surface area contributed by atoms with Crippen LogP contribution >= 0.6 is 0 Å². The van der Waals surface area contributed by atoms with Gasteiger partial charge in [0.15, 0.2) is 0 Å². The van der Waals surface area contributed by atoms with Gasteiger partial charge in [-0.2, -0.15) is 0 Å². The highest BCUT2D eigenvalue weighted by Crippen LogP contribution is 2.28. The number of benzene rings is 2. The summed E-state index contributed by atoms with van der Waals surface area (Å²) in [7, 11) is 0. The number of carbonyl (C=O) groups is 1. The molecular formula is C18H15N3O4. The minimum Gasteiger partial charge on any atom is -0.477 e. The number of ether oxygens (including phenoxy) is 1. The van der Waals surface area contributed by atoms with Crippen LogP contribution in [-0.4, -0.2) is 22.4 Å². The third-order valence-corrected chi connectivity index (χ3v) is 3.61. The molecule has 0 aliphatic carbocycles. The van der Waals surface area contributed by atoms with Gasteiger partial charge in [-0.05, 0) is 42.6 Å². The first-order valence-electron chi connectivity index (χ1n) is 7.66. The normalized spacial score (nSPS) is 10.4. The predicted molar refractivity (Wildman–Crippen MR) is 94.0 cm³/mol. The van der Waals surface area contributed by atoms with Crippen LogP contribution in [0.15, 0.2) is 54.7 Å². The van der Waals surface area contributed by atoms with E-state index in [1.165, 1.54) is 6.07 Å². The van der Waals surface area contributed by atoms with Gasteiger partial charge in [-0.3, -0.25) is 14.9 Å². The van der Waals surface area contributed by atoms with Crippen LogP contribution in [0.1, 0.15) is 17.3 Å². The van der Waals surface area contributed by atoms with E-state index in [4.69, 9.17) is 4.74 Å². The van der Waals surface area contributed by atoms with Crippen LogP contribution in [0.5, 0.6) is 5.88 Å². The first kappa shape index (κ1) is 16.4. The summed E-state index contributed by atoms with van der Waals surface area (Å²) in [4.78, 5) is 27.2. The zero-order chi connectivity index (χ0) is 17.8. The summed E-state index contributed by atoms with van der Waals surface area (Å²) in [6.07, 6.45) is 1.55. The highest BCUT2D eigenvalue weighted by molar-refractivity contribution is 6.07. The molecule has 1 N–H and O–H groups in total. The number of hydrogen-bond donors (Lipinski definition) is 1. The van der Waals surface area contributed by atoms with Crippen molar-refractivity contribution < 1.29 is 14.5 Å². The number of hydrogen-bond acceptors (Lipinski definition) is 5. The van der Waals surface area contributed by atoms with Crippen LogP contribution in [0.2, 0.25) is 0 Å². The summed E-state index contributed by atoms with van der Waals surface area (Å²) >= 11 is 0. The minimum atomic E-state index is -0.426. The molecule has 25 heavy (non-hydrogen) atoms. The first-order chi connectivity index (χ1) is 12.1. The van der Waals surface area contributed by atoms with Crippen LogP contribution in [-0.2, 0) is 0 Å². The lowest BCUT2D eigenvalue weighted by atomic mass is 10.1. The second kappa shape index (κ2) is 6.96. The lowest BCUT2D eigenvalue weighted by Crippen LogP contribution is -2.14. The van der Waals surface area contributed by atoms with Gasteiger partial charge in [0.05, 0.1) is 16.9 Å². The van der Waals surface area contributed by atoms with Crippen molar-refractivity contribution in [3.63, 3.8) is 0 Å². The van der Waals surface area contributed by atoms with E-state index < -0.39 is 4.92 Å². The van der Waals surface area contributed by atoms with Crippen molar-refractivity contribution in [1.82, 2.24) is 4.98 Å². The Bertz CT molecular complexity index is 956. The predicted octanol–water partition coefficient (Wildman–Crippen LogP) is 3.79.